The van der Waals surface area contributed by atoms with Crippen LogP contribution in [0.15, 0.2) is 71.6 Å². The summed E-state index contributed by atoms with van der Waals surface area (Å²) in [6, 6.07) is 16.1. The summed E-state index contributed by atoms with van der Waals surface area (Å²) in [5, 5.41) is 3.17. The van der Waals surface area contributed by atoms with Gasteiger partial charge in [-0.05, 0) is 85.6 Å². The van der Waals surface area contributed by atoms with E-state index in [1.165, 1.54) is 40.7 Å². The van der Waals surface area contributed by atoms with Gasteiger partial charge in [-0.15, -0.1) is 0 Å². The maximum absolute atomic E-state index is 13.2. The third-order valence-corrected chi connectivity index (χ3v) is 7.16. The number of hydrogen-bond donors (Lipinski definition) is 1. The van der Waals surface area contributed by atoms with Crippen LogP contribution in [0.5, 0.6) is 0 Å². The Morgan fingerprint density at radius 1 is 1.07 bits per heavy atom. The molecular weight excluding hydrogens is 427 g/mol. The first-order valence-electron chi connectivity index (χ1n) is 9.25. The van der Waals surface area contributed by atoms with Crippen LogP contribution in [-0.4, -0.2) is 20.4 Å². The molecule has 3 aromatic carbocycles. The van der Waals surface area contributed by atoms with Crippen LogP contribution in [-0.2, 0) is 16.4 Å². The molecule has 1 N–H and O–H groups in total. The summed E-state index contributed by atoms with van der Waals surface area (Å²) >= 11 is 5.88. The Morgan fingerprint density at radius 3 is 2.40 bits per heavy atom. The topological polar surface area (TPSA) is 66.5 Å². The highest BCUT2D eigenvalue weighted by Gasteiger charge is 2.36. The predicted molar refractivity (Wildman–Crippen MR) is 115 cm³/mol. The highest BCUT2D eigenvalue weighted by Crippen LogP contribution is 2.37. The van der Waals surface area contributed by atoms with Gasteiger partial charge in [-0.2, -0.15) is 0 Å². The lowest BCUT2D eigenvalue weighted by atomic mass is 10.1. The van der Waals surface area contributed by atoms with Crippen LogP contribution in [0.3, 0.4) is 0 Å². The van der Waals surface area contributed by atoms with Crippen LogP contribution in [0.25, 0.3) is 0 Å². The summed E-state index contributed by atoms with van der Waals surface area (Å²) in [6.45, 7) is 1.83. The third-order valence-electron chi connectivity index (χ3n) is 4.97. The summed E-state index contributed by atoms with van der Waals surface area (Å²) in [6.07, 6.45) is 0.486. The number of sulfonamides is 1. The molecule has 8 heteroatoms. The zero-order valence-electron chi connectivity index (χ0n) is 16.0. The van der Waals surface area contributed by atoms with Crippen molar-refractivity contribution in [2.45, 2.75) is 24.3 Å². The number of fused-ring (bicyclic) bond motifs is 1. The van der Waals surface area contributed by atoms with Gasteiger partial charge in [0.25, 0.3) is 15.9 Å². The van der Waals surface area contributed by atoms with Crippen LogP contribution < -0.4 is 9.62 Å². The van der Waals surface area contributed by atoms with Crippen LogP contribution in [0.4, 0.5) is 15.8 Å². The number of halogens is 2. The smallest absolute Gasteiger partial charge is 0.264 e. The lowest BCUT2D eigenvalue weighted by Crippen LogP contribution is -2.35. The second kappa shape index (κ2) is 7.74. The lowest BCUT2D eigenvalue weighted by molar-refractivity contribution is 0.102. The van der Waals surface area contributed by atoms with E-state index in [1.54, 1.807) is 30.3 Å². The summed E-state index contributed by atoms with van der Waals surface area (Å²) in [5.41, 5.74) is 2.20. The average molecular weight is 445 g/mol. The Kier molecular flexibility index (Phi) is 5.26. The quantitative estimate of drug-likeness (QED) is 0.624. The average Bonchev–Trinajstić information content (AvgIpc) is 3.05. The number of nitrogens with zero attached hydrogens (tertiary/aromatic N) is 1. The predicted octanol–water partition coefficient (Wildman–Crippen LogP) is 4.87. The van der Waals surface area contributed by atoms with E-state index in [9.17, 15) is 17.6 Å². The standard InChI is InChI=1S/C22H18ClFN2O3S/c1-14-12-16-13-15(22(27)25-19-7-5-18(24)6-8-19)2-11-21(16)26(14)30(28,29)20-9-3-17(23)4-10-20/h2-11,13-14H,12H2,1H3,(H,25,27)/t14-/m0/s1. The van der Waals surface area contributed by atoms with Crippen molar-refractivity contribution >= 4 is 38.9 Å². The highest BCUT2D eigenvalue weighted by atomic mass is 35.5. The van der Waals surface area contributed by atoms with Crippen molar-refractivity contribution in [2.75, 3.05) is 9.62 Å². The van der Waals surface area contributed by atoms with E-state index in [2.05, 4.69) is 5.32 Å². The number of carbonyl (C=O) groups excluding carboxylic acids is 1. The first kappa shape index (κ1) is 20.4. The van der Waals surface area contributed by atoms with Crippen LogP contribution in [0, 0.1) is 5.82 Å². The van der Waals surface area contributed by atoms with Gasteiger partial charge < -0.3 is 5.32 Å². The maximum atomic E-state index is 13.2. The van der Waals surface area contributed by atoms with E-state index in [1.807, 2.05) is 6.92 Å². The van der Waals surface area contributed by atoms with E-state index in [4.69, 9.17) is 11.6 Å². The fourth-order valence-electron chi connectivity index (χ4n) is 3.57. The minimum absolute atomic E-state index is 0.157. The van der Waals surface area contributed by atoms with E-state index in [0.29, 0.717) is 28.4 Å². The second-order valence-electron chi connectivity index (χ2n) is 7.11. The van der Waals surface area contributed by atoms with Gasteiger partial charge in [0.05, 0.1) is 10.6 Å². The Bertz CT molecular complexity index is 1210. The zero-order chi connectivity index (χ0) is 21.5. The number of amides is 1. The van der Waals surface area contributed by atoms with Crippen molar-refractivity contribution in [3.63, 3.8) is 0 Å². The lowest BCUT2D eigenvalue weighted by Gasteiger charge is -2.24. The van der Waals surface area contributed by atoms with Gasteiger partial charge in [-0.3, -0.25) is 9.10 Å². The highest BCUT2D eigenvalue weighted by molar-refractivity contribution is 7.92. The maximum Gasteiger partial charge on any atom is 0.264 e. The Hall–Kier alpha value is -2.90. The van der Waals surface area contributed by atoms with Gasteiger partial charge in [0, 0.05) is 22.3 Å². The van der Waals surface area contributed by atoms with Gasteiger partial charge in [0.15, 0.2) is 0 Å². The van der Waals surface area contributed by atoms with Crippen molar-refractivity contribution in [2.24, 2.45) is 0 Å². The van der Waals surface area contributed by atoms with Gasteiger partial charge in [0.1, 0.15) is 5.82 Å². The van der Waals surface area contributed by atoms with Crippen molar-refractivity contribution in [1.29, 1.82) is 0 Å². The number of hydrogen-bond acceptors (Lipinski definition) is 3. The van der Waals surface area contributed by atoms with Crippen molar-refractivity contribution in [1.82, 2.24) is 0 Å². The van der Waals surface area contributed by atoms with Crippen molar-refractivity contribution in [3.05, 3.63) is 88.7 Å². The molecule has 0 aliphatic carbocycles. The third kappa shape index (κ3) is 3.78. The molecule has 154 valence electrons. The number of benzene rings is 3. The van der Waals surface area contributed by atoms with Crippen LogP contribution in [0.2, 0.25) is 5.02 Å². The van der Waals surface area contributed by atoms with Crippen LogP contribution in [0.1, 0.15) is 22.8 Å². The molecule has 3 aromatic rings. The zero-order valence-corrected chi connectivity index (χ0v) is 17.5. The number of nitrogens with one attached hydrogen (secondary N) is 1. The molecule has 1 amide bonds. The molecule has 0 radical (unpaired) electrons. The molecule has 0 saturated heterocycles. The fourth-order valence-corrected chi connectivity index (χ4v) is 5.39. The van der Waals surface area contributed by atoms with E-state index in [-0.39, 0.29) is 22.7 Å². The molecule has 1 aliphatic rings. The first-order valence-corrected chi connectivity index (χ1v) is 11.1. The Morgan fingerprint density at radius 2 is 1.73 bits per heavy atom. The van der Waals surface area contributed by atoms with E-state index < -0.39 is 10.0 Å². The number of carbonyl (C=O) groups is 1. The van der Waals surface area contributed by atoms with E-state index >= 15 is 0 Å². The molecule has 1 heterocycles. The Balaban J connectivity index is 1.62. The molecule has 0 bridgehead atoms. The normalized spacial score (nSPS) is 15.7. The summed E-state index contributed by atoms with van der Waals surface area (Å²) in [4.78, 5) is 12.7. The minimum atomic E-state index is -3.77. The van der Waals surface area contributed by atoms with E-state index in [0.717, 1.165) is 5.56 Å². The van der Waals surface area contributed by atoms with Gasteiger partial charge >= 0.3 is 0 Å². The van der Waals surface area contributed by atoms with Crippen molar-refractivity contribution < 1.29 is 17.6 Å². The molecule has 1 aliphatic heterocycles. The van der Waals surface area contributed by atoms with Gasteiger partial charge in [-0.1, -0.05) is 11.6 Å². The Labute approximate surface area is 179 Å². The molecule has 4 rings (SSSR count). The molecule has 30 heavy (non-hydrogen) atoms. The minimum Gasteiger partial charge on any atom is -0.322 e. The number of anilines is 2. The largest absolute Gasteiger partial charge is 0.322 e. The molecule has 0 aromatic heterocycles. The fraction of sp³-hybridized carbons (Fsp3) is 0.136. The van der Waals surface area contributed by atoms with Crippen LogP contribution >= 0.6 is 11.6 Å². The summed E-state index contributed by atoms with van der Waals surface area (Å²) < 4.78 is 40.8. The molecule has 5 nitrogen and oxygen atoms in total. The second-order valence-corrected chi connectivity index (χ2v) is 9.36. The molecule has 0 spiro atoms. The SMILES string of the molecule is C[C@H]1Cc2cc(C(=O)Nc3ccc(F)cc3)ccc2N1S(=O)(=O)c1ccc(Cl)cc1. The van der Waals surface area contributed by atoms with Gasteiger partial charge in [-0.25, -0.2) is 12.8 Å². The monoisotopic (exact) mass is 444 g/mol. The number of rotatable bonds is 4. The first-order chi connectivity index (χ1) is 14.3. The molecule has 1 atom stereocenters. The molecule has 0 fully saturated rings. The van der Waals surface area contributed by atoms with Gasteiger partial charge in [0.2, 0.25) is 0 Å². The summed E-state index contributed by atoms with van der Waals surface area (Å²) in [5.74, 6) is -0.738. The molecular formula is C22H18ClFN2O3S. The summed E-state index contributed by atoms with van der Waals surface area (Å²) in [7, 11) is -3.77. The molecule has 0 saturated carbocycles. The van der Waals surface area contributed by atoms with Crippen molar-refractivity contribution in [3.8, 4) is 0 Å². The molecule has 0 unspecified atom stereocenters.